The van der Waals surface area contributed by atoms with Crippen LogP contribution in [-0.4, -0.2) is 12.1 Å². The molecule has 0 unspecified atom stereocenters. The summed E-state index contributed by atoms with van der Waals surface area (Å²) in [7, 11) is 0. The van der Waals surface area contributed by atoms with E-state index in [1.165, 1.54) is 48.1 Å². The smallest absolute Gasteiger partial charge is 0.0406 e. The van der Waals surface area contributed by atoms with Gasteiger partial charge in [-0.25, -0.2) is 0 Å². The van der Waals surface area contributed by atoms with E-state index in [0.717, 1.165) is 18.0 Å². The van der Waals surface area contributed by atoms with Gasteiger partial charge in [0, 0.05) is 17.8 Å². The third kappa shape index (κ3) is 1.75. The maximum atomic E-state index is 2.74. The molecule has 3 aliphatic rings. The fourth-order valence-corrected chi connectivity index (χ4v) is 4.12. The number of hydrogen-bond donors (Lipinski definition) is 0. The molecule has 0 amide bonds. The Morgan fingerprint density at radius 3 is 2.28 bits per heavy atom. The van der Waals surface area contributed by atoms with Gasteiger partial charge in [0.05, 0.1) is 0 Å². The summed E-state index contributed by atoms with van der Waals surface area (Å²) >= 11 is 0. The molecule has 1 aromatic rings. The second kappa shape index (κ2) is 4.29. The summed E-state index contributed by atoms with van der Waals surface area (Å²) in [5.41, 5.74) is 5.84. The quantitative estimate of drug-likeness (QED) is 0.707. The second-order valence-corrected chi connectivity index (χ2v) is 6.44. The molecule has 0 radical (unpaired) electrons. The Bertz CT molecular complexity index is 453. The molecule has 0 N–H and O–H groups in total. The Kier molecular flexibility index (Phi) is 2.88. The van der Waals surface area contributed by atoms with Crippen LogP contribution in [0.3, 0.4) is 0 Å². The lowest BCUT2D eigenvalue weighted by atomic mass is 9.74. The van der Waals surface area contributed by atoms with Gasteiger partial charge in [0.25, 0.3) is 0 Å². The summed E-state index contributed by atoms with van der Waals surface area (Å²) in [6.45, 7) is 9.20. The van der Waals surface area contributed by atoms with Crippen molar-refractivity contribution in [2.45, 2.75) is 65.5 Å². The molecule has 2 saturated heterocycles. The first-order valence-electron chi connectivity index (χ1n) is 7.44. The third-order valence-corrected chi connectivity index (χ3v) is 5.32. The van der Waals surface area contributed by atoms with Gasteiger partial charge in [-0.15, -0.1) is 0 Å². The highest BCUT2D eigenvalue weighted by molar-refractivity contribution is 5.60. The van der Waals surface area contributed by atoms with Crippen LogP contribution in [0.1, 0.15) is 49.3 Å². The predicted octanol–water partition coefficient (Wildman–Crippen LogP) is 4.38. The van der Waals surface area contributed by atoms with Crippen LogP contribution in [0.25, 0.3) is 0 Å². The van der Waals surface area contributed by atoms with E-state index in [9.17, 15) is 0 Å². The molecule has 0 aromatic heterocycles. The Balaban J connectivity index is 2.04. The van der Waals surface area contributed by atoms with Crippen LogP contribution in [0.5, 0.6) is 0 Å². The molecule has 1 aliphatic carbocycles. The van der Waals surface area contributed by atoms with Crippen LogP contribution in [0.4, 0.5) is 5.69 Å². The van der Waals surface area contributed by atoms with Crippen molar-refractivity contribution in [2.24, 2.45) is 5.92 Å². The number of nitrogens with zero attached hydrogens (tertiary/aromatic N) is 1. The molecule has 1 saturated carbocycles. The van der Waals surface area contributed by atoms with Crippen LogP contribution in [0, 0.1) is 26.7 Å². The van der Waals surface area contributed by atoms with Gasteiger partial charge in [-0.3, -0.25) is 0 Å². The van der Waals surface area contributed by atoms with Crippen molar-refractivity contribution in [2.75, 3.05) is 4.90 Å². The Morgan fingerprint density at radius 2 is 1.67 bits per heavy atom. The Labute approximate surface area is 111 Å². The van der Waals surface area contributed by atoms with E-state index in [-0.39, 0.29) is 0 Å². The van der Waals surface area contributed by atoms with Crippen molar-refractivity contribution >= 4 is 5.69 Å². The lowest BCUT2D eigenvalue weighted by Gasteiger charge is -2.52. The molecular weight excluding hydrogens is 218 g/mol. The number of aryl methyl sites for hydroxylation is 2. The zero-order valence-electron chi connectivity index (χ0n) is 12.2. The monoisotopic (exact) mass is 243 g/mol. The topological polar surface area (TPSA) is 3.24 Å². The van der Waals surface area contributed by atoms with Crippen LogP contribution < -0.4 is 4.90 Å². The third-order valence-electron chi connectivity index (χ3n) is 5.32. The lowest BCUT2D eigenvalue weighted by molar-refractivity contribution is 0.200. The van der Waals surface area contributed by atoms with Crippen molar-refractivity contribution in [3.63, 3.8) is 0 Å². The number of piperidine rings is 2. The molecule has 1 nitrogen and oxygen atoms in total. The maximum Gasteiger partial charge on any atom is 0.0406 e. The van der Waals surface area contributed by atoms with E-state index in [4.69, 9.17) is 0 Å². The molecule has 0 spiro atoms. The lowest BCUT2D eigenvalue weighted by Crippen LogP contribution is -2.54. The SMILES string of the molecule is Cc1cc(C)c(C)c(N2C3CCC(CC3)[C@@H]2C)c1. The maximum absolute atomic E-state index is 2.74. The fraction of sp³-hybridized carbons (Fsp3) is 0.647. The highest BCUT2D eigenvalue weighted by atomic mass is 15.2. The van der Waals surface area contributed by atoms with Crippen LogP contribution in [-0.2, 0) is 0 Å². The normalized spacial score (nSPS) is 30.9. The molecule has 98 valence electrons. The van der Waals surface area contributed by atoms with Crippen molar-refractivity contribution in [3.05, 3.63) is 28.8 Å². The summed E-state index contributed by atoms with van der Waals surface area (Å²) in [4.78, 5) is 2.74. The number of anilines is 1. The number of fused-ring (bicyclic) bond motifs is 3. The van der Waals surface area contributed by atoms with Crippen LogP contribution >= 0.6 is 0 Å². The molecule has 2 heterocycles. The average Bonchev–Trinajstić information content (AvgIpc) is 2.36. The molecule has 4 rings (SSSR count). The summed E-state index contributed by atoms with van der Waals surface area (Å²) in [6.07, 6.45) is 5.71. The van der Waals surface area contributed by atoms with Crippen LogP contribution in [0.15, 0.2) is 12.1 Å². The molecule has 1 atom stereocenters. The summed E-state index contributed by atoms with van der Waals surface area (Å²) in [5, 5.41) is 0. The van der Waals surface area contributed by atoms with Gasteiger partial charge in [-0.2, -0.15) is 0 Å². The predicted molar refractivity (Wildman–Crippen MR) is 78.3 cm³/mol. The van der Waals surface area contributed by atoms with Gasteiger partial charge in [-0.05, 0) is 82.1 Å². The van der Waals surface area contributed by atoms with Crippen molar-refractivity contribution in [1.29, 1.82) is 0 Å². The summed E-state index contributed by atoms with van der Waals surface area (Å²) < 4.78 is 0. The molecule has 18 heavy (non-hydrogen) atoms. The average molecular weight is 243 g/mol. The molecule has 2 aliphatic heterocycles. The van der Waals surface area contributed by atoms with E-state index < -0.39 is 0 Å². The minimum Gasteiger partial charge on any atom is -0.365 e. The first-order chi connectivity index (χ1) is 8.58. The van der Waals surface area contributed by atoms with Crippen LogP contribution in [0.2, 0.25) is 0 Å². The minimum atomic E-state index is 0.734. The van der Waals surface area contributed by atoms with Gasteiger partial charge in [0.1, 0.15) is 0 Å². The molecule has 2 bridgehead atoms. The highest BCUT2D eigenvalue weighted by Crippen LogP contribution is 2.43. The molecule has 1 aromatic carbocycles. The van der Waals surface area contributed by atoms with Crippen molar-refractivity contribution < 1.29 is 0 Å². The van der Waals surface area contributed by atoms with E-state index in [1.54, 1.807) is 0 Å². The summed E-state index contributed by atoms with van der Waals surface area (Å²) in [6, 6.07) is 6.24. The van der Waals surface area contributed by atoms with E-state index in [2.05, 4.69) is 44.7 Å². The van der Waals surface area contributed by atoms with Gasteiger partial charge < -0.3 is 4.90 Å². The van der Waals surface area contributed by atoms with Gasteiger partial charge in [0.2, 0.25) is 0 Å². The minimum absolute atomic E-state index is 0.734. The molecule has 1 heteroatoms. The fourth-order valence-electron chi connectivity index (χ4n) is 4.12. The zero-order valence-corrected chi connectivity index (χ0v) is 12.2. The zero-order chi connectivity index (χ0) is 12.9. The summed E-state index contributed by atoms with van der Waals surface area (Å²) in [5.74, 6) is 0.926. The highest BCUT2D eigenvalue weighted by Gasteiger charge is 2.39. The first kappa shape index (κ1) is 12.1. The number of benzene rings is 1. The van der Waals surface area contributed by atoms with Gasteiger partial charge in [-0.1, -0.05) is 6.07 Å². The van der Waals surface area contributed by atoms with E-state index >= 15 is 0 Å². The first-order valence-corrected chi connectivity index (χ1v) is 7.44. The molecule has 3 fully saturated rings. The number of hydrogen-bond acceptors (Lipinski definition) is 1. The Morgan fingerprint density at radius 1 is 1.00 bits per heavy atom. The largest absolute Gasteiger partial charge is 0.365 e. The van der Waals surface area contributed by atoms with Gasteiger partial charge >= 0.3 is 0 Å². The van der Waals surface area contributed by atoms with Gasteiger partial charge in [0.15, 0.2) is 0 Å². The van der Waals surface area contributed by atoms with E-state index in [1.807, 2.05) is 0 Å². The van der Waals surface area contributed by atoms with Crippen molar-refractivity contribution in [3.8, 4) is 0 Å². The molecular formula is C17H25N. The van der Waals surface area contributed by atoms with Crippen molar-refractivity contribution in [1.82, 2.24) is 0 Å². The number of rotatable bonds is 1. The standard InChI is InChI=1S/C17H25N/c1-11-9-12(2)13(3)17(10-11)18-14(4)15-5-7-16(18)8-6-15/h9-10,14-16H,5-8H2,1-4H3/t14-,15?,16?/m0/s1. The second-order valence-electron chi connectivity index (χ2n) is 6.44. The Hall–Kier alpha value is -0.980. The van der Waals surface area contributed by atoms with E-state index in [0.29, 0.717) is 0 Å².